The topological polar surface area (TPSA) is 87.0 Å². The van der Waals surface area contributed by atoms with Gasteiger partial charge in [-0.2, -0.15) is 0 Å². The first-order chi connectivity index (χ1) is 7.04. The first kappa shape index (κ1) is 11.3. The molecule has 5 heteroatoms. The second-order valence-corrected chi connectivity index (χ2v) is 3.04. The van der Waals surface area contributed by atoms with E-state index in [-0.39, 0.29) is 11.5 Å². The molecular weight excluding hydrogens is 200 g/mol. The van der Waals surface area contributed by atoms with Crippen molar-refractivity contribution in [2.45, 2.75) is 12.5 Å². The Kier molecular flexibility index (Phi) is 3.51. The van der Waals surface area contributed by atoms with Crippen molar-refractivity contribution in [2.75, 3.05) is 7.11 Å². The summed E-state index contributed by atoms with van der Waals surface area (Å²) in [7, 11) is 1.38. The second kappa shape index (κ2) is 4.65. The lowest BCUT2D eigenvalue weighted by Gasteiger charge is -2.13. The molecule has 0 heterocycles. The number of aliphatic carboxylic acids is 1. The van der Waals surface area contributed by atoms with Crippen LogP contribution in [0.5, 0.6) is 11.5 Å². The summed E-state index contributed by atoms with van der Waals surface area (Å²) >= 11 is 0. The minimum absolute atomic E-state index is 0.00174. The highest BCUT2D eigenvalue weighted by atomic mass is 16.5. The summed E-state index contributed by atoms with van der Waals surface area (Å²) in [5.41, 5.74) is 0.345. The second-order valence-electron chi connectivity index (χ2n) is 3.04. The molecule has 5 nitrogen and oxygen atoms in total. The molecule has 0 aliphatic carbocycles. The molecule has 0 bridgehead atoms. The van der Waals surface area contributed by atoms with E-state index in [0.717, 1.165) is 0 Å². The minimum Gasteiger partial charge on any atom is -0.508 e. The maximum absolute atomic E-state index is 10.4. The number of rotatable bonds is 4. The van der Waals surface area contributed by atoms with E-state index in [9.17, 15) is 9.90 Å². The van der Waals surface area contributed by atoms with Crippen molar-refractivity contribution in [3.8, 4) is 11.5 Å². The zero-order chi connectivity index (χ0) is 11.4. The van der Waals surface area contributed by atoms with Crippen LogP contribution in [0.3, 0.4) is 0 Å². The van der Waals surface area contributed by atoms with E-state index < -0.39 is 18.5 Å². The quantitative estimate of drug-likeness (QED) is 0.690. The number of aliphatic hydroxyl groups is 1. The lowest BCUT2D eigenvalue weighted by molar-refractivity contribution is -0.139. The van der Waals surface area contributed by atoms with Crippen molar-refractivity contribution in [1.29, 1.82) is 0 Å². The molecule has 0 aliphatic rings. The molecule has 15 heavy (non-hydrogen) atoms. The van der Waals surface area contributed by atoms with Crippen LogP contribution in [0.4, 0.5) is 0 Å². The fraction of sp³-hybridized carbons (Fsp3) is 0.300. The van der Waals surface area contributed by atoms with Crippen LogP contribution < -0.4 is 4.74 Å². The molecular formula is C10H12O5. The average molecular weight is 212 g/mol. The molecule has 0 aliphatic heterocycles. The first-order valence-corrected chi connectivity index (χ1v) is 4.31. The van der Waals surface area contributed by atoms with Gasteiger partial charge >= 0.3 is 5.97 Å². The number of aliphatic hydroxyl groups excluding tert-OH is 1. The summed E-state index contributed by atoms with van der Waals surface area (Å²) in [5, 5.41) is 27.2. The number of carboxylic acids is 1. The lowest BCUT2D eigenvalue weighted by Crippen LogP contribution is -2.06. The van der Waals surface area contributed by atoms with Gasteiger partial charge in [-0.3, -0.25) is 4.79 Å². The van der Waals surface area contributed by atoms with Gasteiger partial charge in [-0.1, -0.05) is 0 Å². The highest BCUT2D eigenvalue weighted by Crippen LogP contribution is 2.30. The van der Waals surface area contributed by atoms with E-state index in [1.807, 2.05) is 0 Å². The van der Waals surface area contributed by atoms with Crippen LogP contribution >= 0.6 is 0 Å². The van der Waals surface area contributed by atoms with E-state index in [1.165, 1.54) is 25.3 Å². The number of ether oxygens (including phenoxy) is 1. The molecule has 0 unspecified atom stereocenters. The van der Waals surface area contributed by atoms with Crippen molar-refractivity contribution in [2.24, 2.45) is 0 Å². The Hall–Kier alpha value is -1.75. The van der Waals surface area contributed by atoms with Crippen molar-refractivity contribution in [3.05, 3.63) is 23.8 Å². The summed E-state index contributed by atoms with van der Waals surface area (Å²) in [6.45, 7) is 0. The van der Waals surface area contributed by atoms with Gasteiger partial charge in [0.05, 0.1) is 19.6 Å². The predicted octanol–water partition coefficient (Wildman–Crippen LogP) is 0.909. The van der Waals surface area contributed by atoms with E-state index >= 15 is 0 Å². The Balaban J connectivity index is 2.97. The van der Waals surface area contributed by atoms with Gasteiger partial charge in [0.1, 0.15) is 11.5 Å². The number of hydrogen-bond acceptors (Lipinski definition) is 4. The summed E-state index contributed by atoms with van der Waals surface area (Å²) in [4.78, 5) is 10.4. The van der Waals surface area contributed by atoms with Gasteiger partial charge in [0.15, 0.2) is 0 Å². The zero-order valence-corrected chi connectivity index (χ0v) is 8.17. The Morgan fingerprint density at radius 3 is 2.73 bits per heavy atom. The third-order valence-corrected chi connectivity index (χ3v) is 1.94. The van der Waals surface area contributed by atoms with Gasteiger partial charge in [-0.15, -0.1) is 0 Å². The van der Waals surface area contributed by atoms with Crippen LogP contribution in [0, 0.1) is 0 Å². The fourth-order valence-corrected chi connectivity index (χ4v) is 1.25. The number of methoxy groups -OCH3 is 1. The van der Waals surface area contributed by atoms with Crippen LogP contribution in [0.1, 0.15) is 18.1 Å². The molecule has 1 aromatic carbocycles. The number of aromatic hydroxyl groups is 1. The highest BCUT2D eigenvalue weighted by molar-refractivity contribution is 5.68. The summed E-state index contributed by atoms with van der Waals surface area (Å²) in [6.07, 6.45) is -1.54. The number of carbonyl (C=O) groups is 1. The molecule has 0 saturated carbocycles. The van der Waals surface area contributed by atoms with Gasteiger partial charge in [0.25, 0.3) is 0 Å². The van der Waals surface area contributed by atoms with Crippen LogP contribution in [0.2, 0.25) is 0 Å². The van der Waals surface area contributed by atoms with Crippen molar-refractivity contribution in [1.82, 2.24) is 0 Å². The normalized spacial score (nSPS) is 12.1. The van der Waals surface area contributed by atoms with Crippen molar-refractivity contribution >= 4 is 5.97 Å². The number of phenolic OH excluding ortho intramolecular Hbond substituents is 1. The van der Waals surface area contributed by atoms with Crippen LogP contribution in [0.25, 0.3) is 0 Å². The SMILES string of the molecule is COc1cc(O)ccc1[C@@H](O)CC(=O)O. The molecule has 1 atom stereocenters. The predicted molar refractivity (Wildman–Crippen MR) is 51.9 cm³/mol. The van der Waals surface area contributed by atoms with Gasteiger partial charge in [-0.25, -0.2) is 0 Å². The number of hydrogen-bond donors (Lipinski definition) is 3. The first-order valence-electron chi connectivity index (χ1n) is 4.31. The van der Waals surface area contributed by atoms with E-state index in [2.05, 4.69) is 0 Å². The molecule has 0 amide bonds. The summed E-state index contributed by atoms with van der Waals surface area (Å²) in [5.74, 6) is -0.834. The number of benzene rings is 1. The van der Waals surface area contributed by atoms with Gasteiger partial charge in [0, 0.05) is 11.6 Å². The largest absolute Gasteiger partial charge is 0.508 e. The van der Waals surface area contributed by atoms with Crippen LogP contribution in [-0.2, 0) is 4.79 Å². The highest BCUT2D eigenvalue weighted by Gasteiger charge is 2.16. The molecule has 0 aromatic heterocycles. The van der Waals surface area contributed by atoms with Gasteiger partial charge < -0.3 is 20.1 Å². The molecule has 82 valence electrons. The molecule has 1 rings (SSSR count). The maximum atomic E-state index is 10.4. The maximum Gasteiger partial charge on any atom is 0.306 e. The van der Waals surface area contributed by atoms with Gasteiger partial charge in [0.2, 0.25) is 0 Å². The van der Waals surface area contributed by atoms with Crippen molar-refractivity contribution in [3.63, 3.8) is 0 Å². The van der Waals surface area contributed by atoms with Crippen LogP contribution in [0.15, 0.2) is 18.2 Å². The standard InChI is InChI=1S/C10H12O5/c1-15-9-4-6(11)2-3-7(9)8(12)5-10(13)14/h2-4,8,11-12H,5H2,1H3,(H,13,14)/t8-/m0/s1. The van der Waals surface area contributed by atoms with Crippen LogP contribution in [-0.4, -0.2) is 28.4 Å². The smallest absolute Gasteiger partial charge is 0.306 e. The molecule has 1 aromatic rings. The Morgan fingerprint density at radius 2 is 2.20 bits per heavy atom. The zero-order valence-electron chi connectivity index (χ0n) is 8.17. The number of phenols is 1. The summed E-state index contributed by atoms with van der Waals surface area (Å²) < 4.78 is 4.92. The molecule has 0 radical (unpaired) electrons. The van der Waals surface area contributed by atoms with E-state index in [4.69, 9.17) is 14.9 Å². The Labute approximate surface area is 86.5 Å². The fourth-order valence-electron chi connectivity index (χ4n) is 1.25. The average Bonchev–Trinajstić information content (AvgIpc) is 2.16. The number of carboxylic acid groups (broad SMARTS) is 1. The van der Waals surface area contributed by atoms with E-state index in [0.29, 0.717) is 5.56 Å². The van der Waals surface area contributed by atoms with Gasteiger partial charge in [-0.05, 0) is 12.1 Å². The Morgan fingerprint density at radius 1 is 1.53 bits per heavy atom. The minimum atomic E-state index is -1.14. The molecule has 0 fully saturated rings. The monoisotopic (exact) mass is 212 g/mol. The third-order valence-electron chi connectivity index (χ3n) is 1.94. The summed E-state index contributed by atoms with van der Waals surface area (Å²) in [6, 6.07) is 4.12. The third kappa shape index (κ3) is 2.85. The lowest BCUT2D eigenvalue weighted by atomic mass is 10.1. The van der Waals surface area contributed by atoms with E-state index in [1.54, 1.807) is 0 Å². The molecule has 0 spiro atoms. The Bertz CT molecular complexity index is 361. The molecule has 0 saturated heterocycles. The van der Waals surface area contributed by atoms with Crippen molar-refractivity contribution < 1.29 is 24.9 Å². The molecule has 3 N–H and O–H groups in total.